The molecule has 1 aromatic heterocycles. The standard InChI is InChI=1S/C14H17N3O2/c1-10(2)17-13-6-4-3-5-12(13)14(18)15-9-11-7-8-16-19-11/h3-8,10,17H,9H2,1-2H3,(H,15,18). The summed E-state index contributed by atoms with van der Waals surface area (Å²) in [5.41, 5.74) is 1.45. The maximum Gasteiger partial charge on any atom is 0.253 e. The fourth-order valence-electron chi connectivity index (χ4n) is 1.71. The van der Waals surface area contributed by atoms with E-state index >= 15 is 0 Å². The van der Waals surface area contributed by atoms with Crippen LogP contribution in [0.5, 0.6) is 0 Å². The number of nitrogens with one attached hydrogen (secondary N) is 2. The summed E-state index contributed by atoms with van der Waals surface area (Å²) in [6, 6.07) is 9.41. The Kier molecular flexibility index (Phi) is 4.18. The Balaban J connectivity index is 2.06. The van der Waals surface area contributed by atoms with Crippen molar-refractivity contribution in [3.63, 3.8) is 0 Å². The monoisotopic (exact) mass is 259 g/mol. The highest BCUT2D eigenvalue weighted by molar-refractivity contribution is 5.99. The highest BCUT2D eigenvalue weighted by Gasteiger charge is 2.11. The van der Waals surface area contributed by atoms with Crippen LogP contribution in [0.15, 0.2) is 41.1 Å². The van der Waals surface area contributed by atoms with Crippen molar-refractivity contribution in [3.8, 4) is 0 Å². The third kappa shape index (κ3) is 3.58. The van der Waals surface area contributed by atoms with Gasteiger partial charge in [-0.3, -0.25) is 4.79 Å². The number of para-hydroxylation sites is 1. The molecule has 0 saturated heterocycles. The molecule has 0 bridgehead atoms. The van der Waals surface area contributed by atoms with Gasteiger partial charge in [0.05, 0.1) is 18.3 Å². The first-order valence-electron chi connectivity index (χ1n) is 6.20. The zero-order chi connectivity index (χ0) is 13.7. The second-order valence-electron chi connectivity index (χ2n) is 4.51. The number of carbonyl (C=O) groups excluding carboxylic acids is 1. The molecule has 0 aliphatic rings. The molecule has 2 aromatic rings. The lowest BCUT2D eigenvalue weighted by Crippen LogP contribution is -2.24. The van der Waals surface area contributed by atoms with E-state index in [0.717, 1.165) is 5.69 Å². The van der Waals surface area contributed by atoms with E-state index in [9.17, 15) is 4.79 Å². The molecule has 0 aliphatic carbocycles. The van der Waals surface area contributed by atoms with Gasteiger partial charge in [-0.05, 0) is 26.0 Å². The average molecular weight is 259 g/mol. The van der Waals surface area contributed by atoms with Crippen LogP contribution in [0.4, 0.5) is 5.69 Å². The topological polar surface area (TPSA) is 67.2 Å². The first-order chi connectivity index (χ1) is 9.16. The van der Waals surface area contributed by atoms with Gasteiger partial charge in [-0.15, -0.1) is 0 Å². The lowest BCUT2D eigenvalue weighted by atomic mass is 10.1. The summed E-state index contributed by atoms with van der Waals surface area (Å²) >= 11 is 0. The van der Waals surface area contributed by atoms with Crippen molar-refractivity contribution in [2.45, 2.75) is 26.4 Å². The Morgan fingerprint density at radius 1 is 1.32 bits per heavy atom. The van der Waals surface area contributed by atoms with Gasteiger partial charge in [-0.2, -0.15) is 0 Å². The number of nitrogens with zero attached hydrogens (tertiary/aromatic N) is 1. The van der Waals surface area contributed by atoms with Crippen LogP contribution in [0.3, 0.4) is 0 Å². The molecule has 0 radical (unpaired) electrons. The first kappa shape index (κ1) is 13.1. The van der Waals surface area contributed by atoms with Gasteiger partial charge in [0.2, 0.25) is 0 Å². The van der Waals surface area contributed by atoms with E-state index in [1.165, 1.54) is 0 Å². The molecule has 2 rings (SSSR count). The van der Waals surface area contributed by atoms with Crippen molar-refractivity contribution < 1.29 is 9.32 Å². The summed E-state index contributed by atoms with van der Waals surface area (Å²) in [5.74, 6) is 0.489. The third-order valence-corrected chi connectivity index (χ3v) is 2.53. The van der Waals surface area contributed by atoms with Crippen LogP contribution < -0.4 is 10.6 Å². The van der Waals surface area contributed by atoms with Crippen molar-refractivity contribution in [2.75, 3.05) is 5.32 Å². The highest BCUT2D eigenvalue weighted by atomic mass is 16.5. The molecule has 0 fully saturated rings. The quantitative estimate of drug-likeness (QED) is 0.865. The van der Waals surface area contributed by atoms with Gasteiger partial charge in [-0.1, -0.05) is 17.3 Å². The molecule has 19 heavy (non-hydrogen) atoms. The fourth-order valence-corrected chi connectivity index (χ4v) is 1.71. The van der Waals surface area contributed by atoms with Gasteiger partial charge in [-0.25, -0.2) is 0 Å². The molecular formula is C14H17N3O2. The van der Waals surface area contributed by atoms with E-state index in [1.54, 1.807) is 18.3 Å². The minimum absolute atomic E-state index is 0.139. The first-order valence-corrected chi connectivity index (χ1v) is 6.20. The molecule has 100 valence electrons. The van der Waals surface area contributed by atoms with Gasteiger partial charge in [0.15, 0.2) is 5.76 Å². The molecule has 1 heterocycles. The predicted octanol–water partition coefficient (Wildman–Crippen LogP) is 2.42. The van der Waals surface area contributed by atoms with E-state index < -0.39 is 0 Å². The zero-order valence-electron chi connectivity index (χ0n) is 11.0. The van der Waals surface area contributed by atoms with Crippen LogP contribution in [-0.2, 0) is 6.54 Å². The highest BCUT2D eigenvalue weighted by Crippen LogP contribution is 2.16. The van der Waals surface area contributed by atoms with Crippen LogP contribution in [0.1, 0.15) is 30.0 Å². The number of benzene rings is 1. The molecule has 0 atom stereocenters. The number of amides is 1. The average Bonchev–Trinajstić information content (AvgIpc) is 2.89. The van der Waals surface area contributed by atoms with Crippen molar-refractivity contribution in [2.24, 2.45) is 0 Å². The summed E-state index contributed by atoms with van der Waals surface area (Å²) < 4.78 is 4.93. The Hall–Kier alpha value is -2.30. The number of hydrogen-bond donors (Lipinski definition) is 2. The number of carbonyl (C=O) groups is 1. The number of rotatable bonds is 5. The largest absolute Gasteiger partial charge is 0.382 e. The van der Waals surface area contributed by atoms with Crippen molar-refractivity contribution in [1.82, 2.24) is 10.5 Å². The molecule has 0 spiro atoms. The summed E-state index contributed by atoms with van der Waals surface area (Å²) in [6.07, 6.45) is 1.55. The van der Waals surface area contributed by atoms with Crippen LogP contribution >= 0.6 is 0 Å². The lowest BCUT2D eigenvalue weighted by Gasteiger charge is -2.14. The van der Waals surface area contributed by atoms with Crippen LogP contribution in [0, 0.1) is 0 Å². The molecule has 5 nitrogen and oxygen atoms in total. The molecule has 1 aromatic carbocycles. The van der Waals surface area contributed by atoms with E-state index in [0.29, 0.717) is 17.9 Å². The molecule has 0 aliphatic heterocycles. The van der Waals surface area contributed by atoms with Crippen LogP contribution in [-0.4, -0.2) is 17.1 Å². The van der Waals surface area contributed by atoms with Crippen molar-refractivity contribution in [1.29, 1.82) is 0 Å². The molecule has 5 heteroatoms. The van der Waals surface area contributed by atoms with E-state index in [4.69, 9.17) is 4.52 Å². The summed E-state index contributed by atoms with van der Waals surface area (Å²) in [4.78, 5) is 12.1. The molecule has 0 saturated carbocycles. The lowest BCUT2D eigenvalue weighted by molar-refractivity contribution is 0.0948. The van der Waals surface area contributed by atoms with Gasteiger partial charge in [0.25, 0.3) is 5.91 Å². The maximum atomic E-state index is 12.1. The van der Waals surface area contributed by atoms with Crippen molar-refractivity contribution in [3.05, 3.63) is 47.9 Å². The normalized spacial score (nSPS) is 10.5. The minimum atomic E-state index is -0.139. The predicted molar refractivity (Wildman–Crippen MR) is 72.9 cm³/mol. The number of anilines is 1. The van der Waals surface area contributed by atoms with Gasteiger partial charge < -0.3 is 15.2 Å². The third-order valence-electron chi connectivity index (χ3n) is 2.53. The second kappa shape index (κ2) is 6.04. The summed E-state index contributed by atoms with van der Waals surface area (Å²) in [6.45, 7) is 4.39. The SMILES string of the molecule is CC(C)Nc1ccccc1C(=O)NCc1ccno1. The molecular weight excluding hydrogens is 242 g/mol. The van der Waals surface area contributed by atoms with Crippen LogP contribution in [0.2, 0.25) is 0 Å². The van der Waals surface area contributed by atoms with Crippen LogP contribution in [0.25, 0.3) is 0 Å². The van der Waals surface area contributed by atoms with E-state index in [-0.39, 0.29) is 11.9 Å². The van der Waals surface area contributed by atoms with E-state index in [1.807, 2.05) is 32.0 Å². The Bertz CT molecular complexity index is 535. The molecule has 1 amide bonds. The molecule has 0 unspecified atom stereocenters. The molecule has 2 N–H and O–H groups in total. The van der Waals surface area contributed by atoms with Gasteiger partial charge in [0, 0.05) is 17.8 Å². The summed E-state index contributed by atoms with van der Waals surface area (Å²) in [5, 5.41) is 9.64. The smallest absolute Gasteiger partial charge is 0.253 e. The Labute approximate surface area is 112 Å². The van der Waals surface area contributed by atoms with E-state index in [2.05, 4.69) is 15.8 Å². The summed E-state index contributed by atoms with van der Waals surface area (Å²) in [7, 11) is 0. The Morgan fingerprint density at radius 3 is 2.79 bits per heavy atom. The van der Waals surface area contributed by atoms with Gasteiger partial charge in [0.1, 0.15) is 0 Å². The zero-order valence-corrected chi connectivity index (χ0v) is 11.0. The number of hydrogen-bond acceptors (Lipinski definition) is 4. The maximum absolute atomic E-state index is 12.1. The van der Waals surface area contributed by atoms with Gasteiger partial charge >= 0.3 is 0 Å². The number of aromatic nitrogens is 1. The second-order valence-corrected chi connectivity index (χ2v) is 4.51. The Morgan fingerprint density at radius 2 is 2.11 bits per heavy atom. The van der Waals surface area contributed by atoms with Crippen molar-refractivity contribution >= 4 is 11.6 Å². The minimum Gasteiger partial charge on any atom is -0.382 e. The fraction of sp³-hybridized carbons (Fsp3) is 0.286.